The lowest BCUT2D eigenvalue weighted by Crippen LogP contribution is -2.49. The van der Waals surface area contributed by atoms with Crippen molar-refractivity contribution in [1.82, 2.24) is 4.98 Å². The smallest absolute Gasteiger partial charge is 0.385 e. The molecule has 0 amide bonds. The van der Waals surface area contributed by atoms with Crippen LogP contribution in [0, 0.1) is 0 Å². The number of aliphatic hydroxyl groups excluding tert-OH is 5. The zero-order chi connectivity index (χ0) is 23.9. The largest absolute Gasteiger partial charge is 0.419 e. The van der Waals surface area contributed by atoms with Crippen LogP contribution in [0.5, 0.6) is 0 Å². The van der Waals surface area contributed by atoms with Gasteiger partial charge in [-0.05, 0) is 26.0 Å². The Bertz CT molecular complexity index is 869. The molecule has 0 saturated heterocycles. The lowest BCUT2D eigenvalue weighted by molar-refractivity contribution is -0.112. The summed E-state index contributed by atoms with van der Waals surface area (Å²) >= 11 is 0. The molecule has 32 heavy (non-hydrogen) atoms. The molecule has 4 atom stereocenters. The Kier molecular flexibility index (Phi) is 9.81. The molecule has 180 valence electrons. The molecule has 5 N–H and O–H groups in total. The van der Waals surface area contributed by atoms with E-state index >= 15 is 0 Å². The summed E-state index contributed by atoms with van der Waals surface area (Å²) < 4.78 is 30.1. The van der Waals surface area contributed by atoms with E-state index in [4.69, 9.17) is 18.6 Å². The summed E-state index contributed by atoms with van der Waals surface area (Å²) in [4.78, 5) is 5.69. The fraction of sp³-hybridized carbons (Fsp3) is 0.550. The molecule has 0 saturated carbocycles. The number of hydrogen-bond donors (Lipinski definition) is 5. The fourth-order valence-electron chi connectivity index (χ4n) is 2.97. The quantitative estimate of drug-likeness (QED) is 0.250. The van der Waals surface area contributed by atoms with Gasteiger partial charge in [0.2, 0.25) is 17.2 Å². The summed E-state index contributed by atoms with van der Waals surface area (Å²) in [5, 5.41) is 48.8. The van der Waals surface area contributed by atoms with E-state index < -0.39 is 38.6 Å². The van der Waals surface area contributed by atoms with Gasteiger partial charge in [0.15, 0.2) is 0 Å². The van der Waals surface area contributed by atoms with Gasteiger partial charge in [0.05, 0.1) is 19.8 Å². The molecule has 0 unspecified atom stereocenters. The molecule has 1 aromatic carbocycles. The molecule has 0 aliphatic heterocycles. The van der Waals surface area contributed by atoms with Crippen LogP contribution in [0.3, 0.4) is 0 Å². The Morgan fingerprint density at radius 3 is 2.12 bits per heavy atom. The first-order valence-corrected chi connectivity index (χ1v) is 11.7. The Hall–Kier alpha value is -1.82. The van der Waals surface area contributed by atoms with E-state index in [1.807, 2.05) is 6.07 Å². The Morgan fingerprint density at radius 2 is 1.59 bits per heavy atom. The van der Waals surface area contributed by atoms with Crippen molar-refractivity contribution in [1.29, 1.82) is 0 Å². The van der Waals surface area contributed by atoms with E-state index in [9.17, 15) is 25.0 Å². The minimum atomic E-state index is -3.88. The molecule has 0 fully saturated rings. The van der Waals surface area contributed by atoms with Gasteiger partial charge in [-0.3, -0.25) is 4.57 Å². The lowest BCUT2D eigenvalue weighted by atomic mass is 10.0. The van der Waals surface area contributed by atoms with Gasteiger partial charge in [-0.25, -0.2) is 0 Å². The summed E-state index contributed by atoms with van der Waals surface area (Å²) in [6.45, 7) is 2.38. The topological polar surface area (TPSA) is 166 Å². The second-order valence-electron chi connectivity index (χ2n) is 7.03. The van der Waals surface area contributed by atoms with Crippen molar-refractivity contribution < 1.29 is 43.6 Å². The van der Waals surface area contributed by atoms with Crippen molar-refractivity contribution >= 4 is 18.9 Å². The van der Waals surface area contributed by atoms with Gasteiger partial charge in [-0.1, -0.05) is 18.2 Å². The molecule has 12 heteroatoms. The van der Waals surface area contributed by atoms with Crippen molar-refractivity contribution in [2.75, 3.05) is 38.3 Å². The molecule has 2 aromatic rings. The molecule has 2 rings (SSSR count). The van der Waals surface area contributed by atoms with Gasteiger partial charge in [-0.15, -0.1) is 0 Å². The first kappa shape index (κ1) is 26.4. The monoisotopic (exact) mass is 474 g/mol. The number of benzene rings is 1. The Morgan fingerprint density at radius 1 is 1.03 bits per heavy atom. The second kappa shape index (κ2) is 11.9. The molecular weight excluding hydrogens is 443 g/mol. The number of aliphatic hydroxyl groups is 5. The maximum atomic E-state index is 13.4. The first-order valence-electron chi connectivity index (χ1n) is 10.2. The van der Waals surface area contributed by atoms with Gasteiger partial charge in [0.1, 0.15) is 24.4 Å². The molecule has 0 radical (unpaired) electrons. The number of nitrogens with zero attached hydrogens (tertiary/aromatic N) is 2. The van der Waals surface area contributed by atoms with Crippen LogP contribution in [0.25, 0.3) is 11.5 Å². The van der Waals surface area contributed by atoms with E-state index in [0.717, 1.165) is 0 Å². The average molecular weight is 474 g/mol. The molecular formula is C20H31N2O9P. The summed E-state index contributed by atoms with van der Waals surface area (Å²) in [7, 11) is -2.39. The summed E-state index contributed by atoms with van der Waals surface area (Å²) in [6.07, 6.45) is -6.75. The Balaban J connectivity index is 2.41. The van der Waals surface area contributed by atoms with E-state index in [-0.39, 0.29) is 37.0 Å². The third-order valence-electron chi connectivity index (χ3n) is 4.60. The standard InChI is InChI=1S/C20H31N2O9P/c1-4-29-32(28,30-5-2)19-20(31-18(21-19)13-9-7-6-8-10-13)22(3)11-14(24)16(26)17(27)15(25)12-23/h6-10,14-17,23-27H,4-5,11-12H2,1-3H3/t14-,15+,16-,17-/m0/s1. The van der Waals surface area contributed by atoms with Gasteiger partial charge in [-0.2, -0.15) is 4.98 Å². The third-order valence-corrected chi connectivity index (χ3v) is 6.61. The maximum absolute atomic E-state index is 13.4. The number of anilines is 1. The predicted molar refractivity (Wildman–Crippen MR) is 117 cm³/mol. The highest BCUT2D eigenvalue weighted by atomic mass is 31.2. The van der Waals surface area contributed by atoms with E-state index in [1.54, 1.807) is 38.1 Å². The van der Waals surface area contributed by atoms with E-state index in [1.165, 1.54) is 11.9 Å². The number of oxazole rings is 1. The number of aromatic nitrogens is 1. The summed E-state index contributed by atoms with van der Waals surface area (Å²) in [6, 6.07) is 8.87. The van der Waals surface area contributed by atoms with Crippen molar-refractivity contribution in [2.24, 2.45) is 0 Å². The van der Waals surface area contributed by atoms with Crippen LogP contribution in [-0.2, 0) is 13.6 Å². The molecule has 0 aliphatic rings. The molecule has 0 aliphatic carbocycles. The van der Waals surface area contributed by atoms with Gasteiger partial charge in [0, 0.05) is 19.2 Å². The molecule has 11 nitrogen and oxygen atoms in total. The van der Waals surface area contributed by atoms with Crippen LogP contribution >= 0.6 is 7.60 Å². The van der Waals surface area contributed by atoms with Crippen molar-refractivity contribution in [3.05, 3.63) is 30.3 Å². The normalized spacial score (nSPS) is 15.9. The number of hydrogen-bond acceptors (Lipinski definition) is 11. The van der Waals surface area contributed by atoms with Gasteiger partial charge < -0.3 is 43.9 Å². The summed E-state index contributed by atoms with van der Waals surface area (Å²) in [5.41, 5.74) is 0.509. The third kappa shape index (κ3) is 6.15. The average Bonchev–Trinajstić information content (AvgIpc) is 3.25. The minimum Gasteiger partial charge on any atom is -0.419 e. The molecule has 1 aromatic heterocycles. The molecule has 1 heterocycles. The maximum Gasteiger partial charge on any atom is 0.385 e. The summed E-state index contributed by atoms with van der Waals surface area (Å²) in [5.74, 6) is 0.130. The molecule has 0 bridgehead atoms. The zero-order valence-electron chi connectivity index (χ0n) is 18.2. The number of rotatable bonds is 13. The first-order chi connectivity index (χ1) is 15.2. The lowest BCUT2D eigenvalue weighted by Gasteiger charge is -2.29. The zero-order valence-corrected chi connectivity index (χ0v) is 19.1. The highest BCUT2D eigenvalue weighted by Gasteiger charge is 2.38. The van der Waals surface area contributed by atoms with Crippen molar-refractivity contribution in [2.45, 2.75) is 38.3 Å². The van der Waals surface area contributed by atoms with E-state index in [2.05, 4.69) is 4.98 Å². The molecule has 0 spiro atoms. The van der Waals surface area contributed by atoms with Gasteiger partial charge in [0.25, 0.3) is 0 Å². The number of likely N-dealkylation sites (N-methyl/N-ethyl adjacent to an activating group) is 1. The Labute approximate surface area is 186 Å². The predicted octanol–water partition coefficient (Wildman–Crippen LogP) is 0.105. The fourth-order valence-corrected chi connectivity index (χ4v) is 4.63. The van der Waals surface area contributed by atoms with Crippen LogP contribution in [0.15, 0.2) is 34.7 Å². The highest BCUT2D eigenvalue weighted by Crippen LogP contribution is 2.49. The minimum absolute atomic E-state index is 0.0162. The second-order valence-corrected chi connectivity index (χ2v) is 8.96. The van der Waals surface area contributed by atoms with Crippen molar-refractivity contribution in [3.63, 3.8) is 0 Å². The van der Waals surface area contributed by atoms with Crippen LogP contribution < -0.4 is 10.3 Å². The SMILES string of the molecule is CCOP(=O)(OCC)c1nc(-c2ccccc2)oc1N(C)C[C@H](O)[C@H](O)[C@@H](O)[C@H](O)CO. The highest BCUT2D eigenvalue weighted by molar-refractivity contribution is 7.62. The van der Waals surface area contributed by atoms with E-state index in [0.29, 0.717) is 5.56 Å². The van der Waals surface area contributed by atoms with Gasteiger partial charge >= 0.3 is 7.60 Å². The van der Waals surface area contributed by atoms with Crippen LogP contribution in [0.1, 0.15) is 13.8 Å². The van der Waals surface area contributed by atoms with Crippen LogP contribution in [0.4, 0.5) is 5.88 Å². The van der Waals surface area contributed by atoms with Crippen LogP contribution in [-0.4, -0.2) is 88.3 Å². The van der Waals surface area contributed by atoms with Crippen molar-refractivity contribution in [3.8, 4) is 11.5 Å². The van der Waals surface area contributed by atoms with Crippen LogP contribution in [0.2, 0.25) is 0 Å².